The number of aryl methyl sites for hydroxylation is 1. The maximum Gasteiger partial charge on any atom is 0.438 e. The van der Waals surface area contributed by atoms with Gasteiger partial charge >= 0.3 is 23.9 Å². The summed E-state index contributed by atoms with van der Waals surface area (Å²) in [5.74, 6) is -4.95. The Balaban J connectivity index is 3.48. The Morgan fingerprint density at radius 1 is 1.08 bits per heavy atom. The van der Waals surface area contributed by atoms with Crippen molar-refractivity contribution in [3.63, 3.8) is 0 Å². The van der Waals surface area contributed by atoms with Gasteiger partial charge in [0, 0.05) is 0 Å². The first-order valence-electron chi connectivity index (χ1n) is 5.98. The Kier molecular flexibility index (Phi) is 5.26. The van der Waals surface area contributed by atoms with E-state index in [-0.39, 0.29) is 5.56 Å². The summed E-state index contributed by atoms with van der Waals surface area (Å²) in [6, 6.07) is 4.66. The topological polar surface area (TPSA) is 80.7 Å². The maximum atomic E-state index is 13.0. The molecule has 0 aliphatic rings. The number of carbonyl (C=O) groups excluding carboxylic acids is 1. The van der Waals surface area contributed by atoms with Crippen LogP contribution < -0.4 is 0 Å². The van der Waals surface area contributed by atoms with Crippen LogP contribution in [0, 0.1) is 6.92 Å². The van der Waals surface area contributed by atoms with Crippen molar-refractivity contribution in [2.24, 2.45) is 0 Å². The molecule has 0 radical (unpaired) electrons. The van der Waals surface area contributed by atoms with Gasteiger partial charge in [0.15, 0.2) is 0 Å². The van der Waals surface area contributed by atoms with Crippen molar-refractivity contribution >= 4 is 16.1 Å². The summed E-state index contributed by atoms with van der Waals surface area (Å²) in [6.07, 6.45) is -12.7. The van der Waals surface area contributed by atoms with Crippen molar-refractivity contribution in [1.82, 2.24) is 0 Å². The number of hydrogen-bond acceptors (Lipinski definition) is 4. The lowest BCUT2D eigenvalue weighted by molar-refractivity contribution is -0.356. The molecule has 0 amide bonds. The lowest BCUT2D eigenvalue weighted by Crippen LogP contribution is -2.63. The first-order chi connectivity index (χ1) is 10.6. The van der Waals surface area contributed by atoms with Crippen LogP contribution in [0.25, 0.3) is 0 Å². The molecular weight excluding hydrogens is 370 g/mol. The number of ether oxygens (including phenoxy) is 1. The molecule has 24 heavy (non-hydrogen) atoms. The van der Waals surface area contributed by atoms with Gasteiger partial charge in [0.05, 0.1) is 5.56 Å². The predicted octanol–water partition coefficient (Wildman–Crippen LogP) is 2.90. The van der Waals surface area contributed by atoms with E-state index in [9.17, 15) is 39.6 Å². The van der Waals surface area contributed by atoms with Crippen LogP contribution in [0.5, 0.6) is 0 Å². The third-order valence-electron chi connectivity index (χ3n) is 2.93. The summed E-state index contributed by atoms with van der Waals surface area (Å²) in [7, 11) is -5.80. The fourth-order valence-electron chi connectivity index (χ4n) is 1.74. The number of hydrogen-bond donors (Lipinski definition) is 1. The van der Waals surface area contributed by atoms with Crippen LogP contribution in [0.1, 0.15) is 15.9 Å². The first-order valence-corrected chi connectivity index (χ1v) is 7.59. The van der Waals surface area contributed by atoms with Crippen molar-refractivity contribution in [3.8, 4) is 0 Å². The molecule has 5 nitrogen and oxygen atoms in total. The molecule has 12 heteroatoms. The SMILES string of the molecule is Cc1ccccc1C(=O)OC(CS(=O)(=O)O)(C(F)(F)F)C(F)(F)F. The molecule has 0 aliphatic heterocycles. The van der Waals surface area contributed by atoms with Crippen molar-refractivity contribution in [2.45, 2.75) is 24.9 Å². The lowest BCUT2D eigenvalue weighted by Gasteiger charge is -2.35. The van der Waals surface area contributed by atoms with Gasteiger partial charge in [-0.1, -0.05) is 18.2 Å². The molecule has 0 atom stereocenters. The normalized spacial score (nSPS) is 13.7. The van der Waals surface area contributed by atoms with Crippen molar-refractivity contribution < 1.29 is 48.8 Å². The Bertz CT molecular complexity index is 708. The summed E-state index contributed by atoms with van der Waals surface area (Å²) < 4.78 is 111. The average Bonchev–Trinajstić information content (AvgIpc) is 2.33. The number of esters is 1. The van der Waals surface area contributed by atoms with Crippen molar-refractivity contribution in [1.29, 1.82) is 0 Å². The van der Waals surface area contributed by atoms with E-state index in [0.29, 0.717) is 0 Å². The van der Waals surface area contributed by atoms with Gasteiger partial charge in [0.25, 0.3) is 10.1 Å². The van der Waals surface area contributed by atoms with E-state index >= 15 is 0 Å². The van der Waals surface area contributed by atoms with E-state index in [0.717, 1.165) is 12.1 Å². The molecule has 0 saturated carbocycles. The van der Waals surface area contributed by atoms with Crippen LogP contribution in [-0.2, 0) is 14.9 Å². The van der Waals surface area contributed by atoms with E-state index in [1.165, 1.54) is 19.1 Å². The monoisotopic (exact) mass is 380 g/mol. The summed E-state index contributed by atoms with van der Waals surface area (Å²) in [5.41, 5.74) is -6.02. The Morgan fingerprint density at radius 3 is 1.92 bits per heavy atom. The minimum absolute atomic E-state index is 0.00704. The van der Waals surface area contributed by atoms with Gasteiger partial charge in [-0.3, -0.25) is 4.55 Å². The average molecular weight is 380 g/mol. The number of alkyl halides is 6. The zero-order valence-corrected chi connectivity index (χ0v) is 12.6. The summed E-state index contributed by atoms with van der Waals surface area (Å²) in [6.45, 7) is 1.22. The Morgan fingerprint density at radius 2 is 1.54 bits per heavy atom. The maximum absolute atomic E-state index is 13.0. The molecule has 1 aromatic rings. The second kappa shape index (κ2) is 6.24. The second-order valence-corrected chi connectivity index (χ2v) is 6.21. The molecule has 1 N–H and O–H groups in total. The third-order valence-corrected chi connectivity index (χ3v) is 3.70. The molecule has 0 heterocycles. The van der Waals surface area contributed by atoms with Gasteiger partial charge in [-0.2, -0.15) is 34.8 Å². The zero-order valence-electron chi connectivity index (χ0n) is 11.8. The predicted molar refractivity (Wildman–Crippen MR) is 67.9 cm³/mol. The van der Waals surface area contributed by atoms with Crippen molar-refractivity contribution in [3.05, 3.63) is 35.4 Å². The second-order valence-electron chi connectivity index (χ2n) is 4.75. The molecule has 0 saturated heterocycles. The zero-order chi connectivity index (χ0) is 19.0. The number of halogens is 6. The van der Waals surface area contributed by atoms with Gasteiger partial charge in [-0.25, -0.2) is 4.79 Å². The highest BCUT2D eigenvalue weighted by atomic mass is 32.2. The molecule has 0 aromatic heterocycles. The largest absolute Gasteiger partial charge is 0.438 e. The molecule has 1 rings (SSSR count). The van der Waals surface area contributed by atoms with E-state index < -0.39 is 45.4 Å². The van der Waals surface area contributed by atoms with Gasteiger partial charge in [0.2, 0.25) is 0 Å². The number of rotatable bonds is 4. The molecule has 0 unspecified atom stereocenters. The summed E-state index contributed by atoms with van der Waals surface area (Å²) in [4.78, 5) is 11.8. The van der Waals surface area contributed by atoms with Gasteiger partial charge in [-0.05, 0) is 18.6 Å². The van der Waals surface area contributed by atoms with Crippen LogP contribution in [0.4, 0.5) is 26.3 Å². The fraction of sp³-hybridized carbons (Fsp3) is 0.417. The summed E-state index contributed by atoms with van der Waals surface area (Å²) >= 11 is 0. The van der Waals surface area contributed by atoms with E-state index in [1.54, 1.807) is 0 Å². The number of benzene rings is 1. The minimum atomic E-state index is -6.35. The smallest absolute Gasteiger partial charge is 0.435 e. The minimum Gasteiger partial charge on any atom is -0.435 e. The highest BCUT2D eigenvalue weighted by Crippen LogP contribution is 2.47. The van der Waals surface area contributed by atoms with E-state index in [2.05, 4.69) is 4.74 Å². The lowest BCUT2D eigenvalue weighted by atomic mass is 10.0. The molecule has 0 aliphatic carbocycles. The van der Waals surface area contributed by atoms with Crippen LogP contribution in [0.2, 0.25) is 0 Å². The highest BCUT2D eigenvalue weighted by molar-refractivity contribution is 7.85. The molecular formula is C12H10F6O5S. The van der Waals surface area contributed by atoms with Crippen LogP contribution in [0.3, 0.4) is 0 Å². The van der Waals surface area contributed by atoms with Gasteiger partial charge in [-0.15, -0.1) is 0 Å². The molecule has 0 bridgehead atoms. The van der Waals surface area contributed by atoms with Gasteiger partial charge < -0.3 is 4.74 Å². The fourth-order valence-corrected chi connectivity index (χ4v) is 2.64. The standard InChI is InChI=1S/C12H10F6O5S/c1-7-4-2-3-5-8(7)9(19)23-10(11(13,14)15,12(16,17)18)6-24(20,21)22/h2-5H,6H2,1H3,(H,20,21,22). The quantitative estimate of drug-likeness (QED) is 0.494. The van der Waals surface area contributed by atoms with E-state index in [1.807, 2.05) is 0 Å². The Labute approximate surface area is 132 Å². The molecule has 0 spiro atoms. The summed E-state index contributed by atoms with van der Waals surface area (Å²) in [5, 5.41) is 0. The molecule has 0 fully saturated rings. The van der Waals surface area contributed by atoms with Crippen LogP contribution in [-0.4, -0.2) is 42.6 Å². The van der Waals surface area contributed by atoms with Crippen LogP contribution in [0.15, 0.2) is 24.3 Å². The molecule has 1 aromatic carbocycles. The highest BCUT2D eigenvalue weighted by Gasteiger charge is 2.76. The van der Waals surface area contributed by atoms with Crippen molar-refractivity contribution in [2.75, 3.05) is 5.75 Å². The van der Waals surface area contributed by atoms with Gasteiger partial charge in [0.1, 0.15) is 5.75 Å². The third kappa shape index (κ3) is 4.17. The molecule has 136 valence electrons. The Hall–Kier alpha value is -1.82. The van der Waals surface area contributed by atoms with Crippen LogP contribution >= 0.6 is 0 Å². The van der Waals surface area contributed by atoms with E-state index in [4.69, 9.17) is 4.55 Å². The first kappa shape index (κ1) is 20.2. The number of carbonyl (C=O) groups is 1.